The average Bonchev–Trinajstić information content (AvgIpc) is 2.68. The summed E-state index contributed by atoms with van der Waals surface area (Å²) in [6, 6.07) is 15.4. The number of benzene rings is 2. The van der Waals surface area contributed by atoms with E-state index >= 15 is 0 Å². The molecule has 1 fully saturated rings. The molecular formula is C19H21NO5S. The highest BCUT2D eigenvalue weighted by Crippen LogP contribution is 2.34. The zero-order valence-electron chi connectivity index (χ0n) is 14.2. The Morgan fingerprint density at radius 2 is 1.58 bits per heavy atom. The average molecular weight is 375 g/mol. The highest BCUT2D eigenvalue weighted by molar-refractivity contribution is 7.92. The Balaban J connectivity index is 1.81. The Kier molecular flexibility index (Phi) is 5.58. The van der Waals surface area contributed by atoms with Crippen molar-refractivity contribution in [3.05, 3.63) is 54.6 Å². The summed E-state index contributed by atoms with van der Waals surface area (Å²) in [4.78, 5) is 12.0. The third kappa shape index (κ3) is 3.89. The maximum atomic E-state index is 13.0. The Morgan fingerprint density at radius 1 is 0.962 bits per heavy atom. The normalized spacial score (nSPS) is 20.3. The number of hydroxylamine groups is 1. The van der Waals surface area contributed by atoms with Crippen LogP contribution >= 0.6 is 0 Å². The van der Waals surface area contributed by atoms with Gasteiger partial charge < -0.3 is 4.74 Å². The quantitative estimate of drug-likeness (QED) is 0.618. The third-order valence-corrected chi connectivity index (χ3v) is 6.97. The maximum Gasteiger partial charge on any atom is 0.247 e. The van der Waals surface area contributed by atoms with Crippen molar-refractivity contribution in [1.29, 1.82) is 0 Å². The van der Waals surface area contributed by atoms with Crippen LogP contribution in [0.2, 0.25) is 0 Å². The zero-order valence-corrected chi connectivity index (χ0v) is 15.0. The number of carbonyl (C=O) groups is 1. The first-order valence-corrected chi connectivity index (χ1v) is 10.1. The van der Waals surface area contributed by atoms with E-state index in [-0.39, 0.29) is 4.90 Å². The van der Waals surface area contributed by atoms with Crippen molar-refractivity contribution in [2.75, 3.05) is 0 Å². The van der Waals surface area contributed by atoms with Crippen LogP contribution in [0.1, 0.15) is 25.7 Å². The van der Waals surface area contributed by atoms with Crippen LogP contribution < -0.4 is 10.2 Å². The van der Waals surface area contributed by atoms with Gasteiger partial charge in [0.2, 0.25) is 5.91 Å². The van der Waals surface area contributed by atoms with Gasteiger partial charge in [0.25, 0.3) is 0 Å². The van der Waals surface area contributed by atoms with Crippen molar-refractivity contribution >= 4 is 15.7 Å². The van der Waals surface area contributed by atoms with Gasteiger partial charge in [0.15, 0.2) is 9.84 Å². The number of sulfone groups is 1. The van der Waals surface area contributed by atoms with E-state index < -0.39 is 26.9 Å². The smallest absolute Gasteiger partial charge is 0.247 e. The fourth-order valence-corrected chi connectivity index (χ4v) is 5.38. The number of hydrogen-bond acceptors (Lipinski definition) is 5. The first kappa shape index (κ1) is 18.4. The first-order chi connectivity index (χ1) is 12.5. The van der Waals surface area contributed by atoms with Crippen molar-refractivity contribution in [1.82, 2.24) is 5.48 Å². The van der Waals surface area contributed by atoms with Crippen molar-refractivity contribution in [2.45, 2.75) is 35.8 Å². The van der Waals surface area contributed by atoms with Crippen LogP contribution in [0.3, 0.4) is 0 Å². The molecule has 3 rings (SSSR count). The molecule has 138 valence electrons. The summed E-state index contributed by atoms with van der Waals surface area (Å²) >= 11 is 0. The molecule has 0 saturated heterocycles. The molecule has 0 aliphatic heterocycles. The molecule has 1 aliphatic carbocycles. The number of nitrogens with one attached hydrogen (secondary N) is 1. The second kappa shape index (κ2) is 7.88. The van der Waals surface area contributed by atoms with E-state index in [1.807, 2.05) is 30.3 Å². The summed E-state index contributed by atoms with van der Waals surface area (Å²) in [5, 5.41) is 8.08. The fraction of sp³-hybridized carbons (Fsp3) is 0.316. The minimum absolute atomic E-state index is 0.153. The van der Waals surface area contributed by atoms with Crippen molar-refractivity contribution < 1.29 is 23.2 Å². The summed E-state index contributed by atoms with van der Waals surface area (Å²) in [7, 11) is -3.68. The maximum absolute atomic E-state index is 13.0. The number of carbonyl (C=O) groups excluding carboxylic acids is 1. The molecule has 2 N–H and O–H groups in total. The highest BCUT2D eigenvalue weighted by Gasteiger charge is 2.40. The summed E-state index contributed by atoms with van der Waals surface area (Å²) in [5.74, 6) is -0.181. The van der Waals surface area contributed by atoms with Crippen molar-refractivity contribution in [2.24, 2.45) is 5.92 Å². The second-order valence-electron chi connectivity index (χ2n) is 6.34. The predicted octanol–water partition coefficient (Wildman–Crippen LogP) is 3.32. The van der Waals surface area contributed by atoms with E-state index in [0.717, 1.165) is 12.8 Å². The molecule has 1 saturated carbocycles. The van der Waals surface area contributed by atoms with Crippen LogP contribution in [0.25, 0.3) is 0 Å². The largest absolute Gasteiger partial charge is 0.457 e. The molecule has 0 bridgehead atoms. The predicted molar refractivity (Wildman–Crippen MR) is 95.8 cm³/mol. The Hall–Kier alpha value is -2.38. The zero-order chi connectivity index (χ0) is 18.6. The van der Waals surface area contributed by atoms with Crippen molar-refractivity contribution in [3.8, 4) is 11.5 Å². The third-order valence-electron chi connectivity index (χ3n) is 4.68. The number of para-hydroxylation sites is 1. The van der Waals surface area contributed by atoms with Crippen LogP contribution in [-0.2, 0) is 14.6 Å². The second-order valence-corrected chi connectivity index (χ2v) is 8.50. The van der Waals surface area contributed by atoms with Crippen LogP contribution in [0.5, 0.6) is 11.5 Å². The van der Waals surface area contributed by atoms with E-state index in [2.05, 4.69) is 0 Å². The molecule has 0 heterocycles. The first-order valence-electron chi connectivity index (χ1n) is 8.53. The SMILES string of the molecule is O=C(NO)[C@@H]1CCCC[C@H]1S(=O)(=O)c1ccc(Oc2ccccc2)cc1. The molecule has 7 heteroatoms. The molecule has 6 nitrogen and oxygen atoms in total. The molecule has 0 unspecified atom stereocenters. The summed E-state index contributed by atoms with van der Waals surface area (Å²) in [6.07, 6.45) is 2.37. The van der Waals surface area contributed by atoms with Crippen molar-refractivity contribution in [3.63, 3.8) is 0 Å². The Labute approximate surface area is 152 Å². The van der Waals surface area contributed by atoms with Gasteiger partial charge in [-0.3, -0.25) is 10.0 Å². The molecule has 0 aromatic heterocycles. The van der Waals surface area contributed by atoms with Gasteiger partial charge in [-0.25, -0.2) is 13.9 Å². The van der Waals surface area contributed by atoms with Crippen LogP contribution in [0.4, 0.5) is 0 Å². The van der Waals surface area contributed by atoms with E-state index in [1.54, 1.807) is 17.6 Å². The molecular weight excluding hydrogens is 354 g/mol. The summed E-state index contributed by atoms with van der Waals surface area (Å²) in [6.45, 7) is 0. The lowest BCUT2D eigenvalue weighted by atomic mass is 9.88. The van der Waals surface area contributed by atoms with E-state index in [9.17, 15) is 13.2 Å². The van der Waals surface area contributed by atoms with Gasteiger partial charge >= 0.3 is 0 Å². The van der Waals surface area contributed by atoms with E-state index in [4.69, 9.17) is 9.94 Å². The lowest BCUT2D eigenvalue weighted by molar-refractivity contribution is -0.134. The van der Waals surface area contributed by atoms with Crippen LogP contribution in [-0.4, -0.2) is 24.8 Å². The van der Waals surface area contributed by atoms with Crippen LogP contribution in [0.15, 0.2) is 59.5 Å². The number of ether oxygens (including phenoxy) is 1. The molecule has 26 heavy (non-hydrogen) atoms. The topological polar surface area (TPSA) is 92.7 Å². The van der Waals surface area contributed by atoms with E-state index in [1.165, 1.54) is 12.1 Å². The Bertz CT molecular complexity index is 849. The number of amides is 1. The molecule has 2 aromatic carbocycles. The highest BCUT2D eigenvalue weighted by atomic mass is 32.2. The lowest BCUT2D eigenvalue weighted by Gasteiger charge is -2.29. The minimum atomic E-state index is -3.68. The Morgan fingerprint density at radius 3 is 2.23 bits per heavy atom. The van der Waals surface area contributed by atoms with Gasteiger partial charge in [0.05, 0.1) is 16.1 Å². The molecule has 2 aromatic rings. The van der Waals surface area contributed by atoms with Gasteiger partial charge in [-0.1, -0.05) is 31.0 Å². The molecule has 0 spiro atoms. The minimum Gasteiger partial charge on any atom is -0.457 e. The fourth-order valence-electron chi connectivity index (χ4n) is 3.35. The van der Waals surface area contributed by atoms with Gasteiger partial charge in [-0.15, -0.1) is 0 Å². The van der Waals surface area contributed by atoms with Gasteiger partial charge in [0.1, 0.15) is 11.5 Å². The van der Waals surface area contributed by atoms with Gasteiger partial charge in [-0.05, 0) is 49.2 Å². The molecule has 2 atom stereocenters. The number of hydrogen-bond donors (Lipinski definition) is 2. The molecule has 1 amide bonds. The van der Waals surface area contributed by atoms with Gasteiger partial charge in [0, 0.05) is 0 Å². The standard InChI is InChI=1S/C19H21NO5S/c21-19(20-22)17-8-4-5-9-18(17)26(23,24)16-12-10-15(11-13-16)25-14-6-2-1-3-7-14/h1-3,6-7,10-13,17-18,22H,4-5,8-9H2,(H,20,21)/t17-,18-/m1/s1. The van der Waals surface area contributed by atoms with Gasteiger partial charge in [-0.2, -0.15) is 0 Å². The molecule has 0 radical (unpaired) electrons. The van der Waals surface area contributed by atoms with Crippen LogP contribution in [0, 0.1) is 5.92 Å². The summed E-state index contributed by atoms with van der Waals surface area (Å²) in [5.41, 5.74) is 1.60. The van der Waals surface area contributed by atoms with E-state index in [0.29, 0.717) is 24.3 Å². The summed E-state index contributed by atoms with van der Waals surface area (Å²) < 4.78 is 31.6. The lowest BCUT2D eigenvalue weighted by Crippen LogP contribution is -2.42. The molecule has 1 aliphatic rings. The monoisotopic (exact) mass is 375 g/mol. The number of rotatable bonds is 5.